The first-order valence-electron chi connectivity index (χ1n) is 14.7. The fourth-order valence-electron chi connectivity index (χ4n) is 6.18. The van der Waals surface area contributed by atoms with E-state index in [0.717, 1.165) is 88.9 Å². The number of benzene rings is 6. The van der Waals surface area contributed by atoms with Crippen LogP contribution in [0.2, 0.25) is 0 Å². The molecule has 0 fully saturated rings. The largest absolute Gasteiger partial charge is 0.456 e. The second kappa shape index (κ2) is 9.79. The van der Waals surface area contributed by atoms with Crippen molar-refractivity contribution in [1.82, 2.24) is 9.97 Å². The van der Waals surface area contributed by atoms with Gasteiger partial charge < -0.3 is 8.83 Å². The summed E-state index contributed by atoms with van der Waals surface area (Å²) >= 11 is 0. The van der Waals surface area contributed by atoms with Crippen LogP contribution in [0.1, 0.15) is 0 Å². The number of hydrogen-bond donors (Lipinski definition) is 0. The van der Waals surface area contributed by atoms with Crippen molar-refractivity contribution in [3.63, 3.8) is 0 Å². The highest BCUT2D eigenvalue weighted by atomic mass is 16.3. The number of furan rings is 2. The van der Waals surface area contributed by atoms with E-state index in [2.05, 4.69) is 72.8 Å². The zero-order valence-electron chi connectivity index (χ0n) is 23.6. The van der Waals surface area contributed by atoms with E-state index < -0.39 is 0 Å². The van der Waals surface area contributed by atoms with Gasteiger partial charge >= 0.3 is 0 Å². The van der Waals surface area contributed by atoms with Gasteiger partial charge in [0.15, 0.2) is 0 Å². The average Bonchev–Trinajstić information content (AvgIpc) is 3.66. The Kier molecular flexibility index (Phi) is 5.47. The van der Waals surface area contributed by atoms with E-state index >= 15 is 0 Å². The van der Waals surface area contributed by atoms with Gasteiger partial charge in [0.2, 0.25) is 0 Å². The van der Waals surface area contributed by atoms with Crippen molar-refractivity contribution in [3.8, 4) is 45.0 Å². The third-order valence-corrected chi connectivity index (χ3v) is 8.29. The van der Waals surface area contributed by atoms with E-state index in [1.54, 1.807) is 0 Å². The molecule has 0 N–H and O–H groups in total. The molecule has 6 aromatic carbocycles. The summed E-state index contributed by atoms with van der Waals surface area (Å²) in [4.78, 5) is 10.8. The standard InChI is InChI=1S/C40H24N2O2/c1-3-11-25(12-4-1)37-39(27-19-21-31-29-15-7-9-17-33(29)43-35(31)23-27)42-38(26-13-5-2-6-14-26)40(41-37)28-20-22-32-30-16-8-10-18-34(30)44-36(32)24-28/h1-24H. The van der Waals surface area contributed by atoms with Crippen LogP contribution < -0.4 is 0 Å². The molecule has 4 nitrogen and oxygen atoms in total. The molecule has 3 heterocycles. The van der Waals surface area contributed by atoms with Crippen LogP contribution in [0.25, 0.3) is 88.9 Å². The minimum atomic E-state index is 0.797. The van der Waals surface area contributed by atoms with Crippen LogP contribution in [0.3, 0.4) is 0 Å². The Morgan fingerprint density at radius 3 is 1.11 bits per heavy atom. The molecule has 0 aliphatic carbocycles. The predicted octanol–water partition coefficient (Wildman–Crippen LogP) is 10.9. The van der Waals surface area contributed by atoms with Crippen molar-refractivity contribution in [3.05, 3.63) is 146 Å². The van der Waals surface area contributed by atoms with Crippen molar-refractivity contribution in [1.29, 1.82) is 0 Å². The van der Waals surface area contributed by atoms with E-state index in [1.807, 2.05) is 72.8 Å². The molecule has 44 heavy (non-hydrogen) atoms. The lowest BCUT2D eigenvalue weighted by Crippen LogP contribution is -2.00. The summed E-state index contributed by atoms with van der Waals surface area (Å²) in [5, 5.41) is 4.37. The van der Waals surface area contributed by atoms with Crippen molar-refractivity contribution in [2.75, 3.05) is 0 Å². The Labute approximate surface area is 252 Å². The van der Waals surface area contributed by atoms with Crippen molar-refractivity contribution < 1.29 is 8.83 Å². The minimum Gasteiger partial charge on any atom is -0.456 e. The summed E-state index contributed by atoms with van der Waals surface area (Å²) in [7, 11) is 0. The SMILES string of the molecule is c1ccc(-c2nc(-c3ccc4c(c3)oc3ccccc34)c(-c3ccccc3)nc2-c2ccc3c(c2)oc2ccccc23)cc1. The summed E-state index contributed by atoms with van der Waals surface area (Å²) in [6, 6.07) is 49.5. The first kappa shape index (κ1) is 24.6. The summed E-state index contributed by atoms with van der Waals surface area (Å²) in [6.07, 6.45) is 0. The number of para-hydroxylation sites is 2. The summed E-state index contributed by atoms with van der Waals surface area (Å²) in [5.74, 6) is 0. The topological polar surface area (TPSA) is 52.1 Å². The lowest BCUT2D eigenvalue weighted by Gasteiger charge is -2.16. The molecule has 3 aromatic heterocycles. The van der Waals surface area contributed by atoms with Gasteiger partial charge in [-0.3, -0.25) is 0 Å². The van der Waals surface area contributed by atoms with Gasteiger partial charge in [-0.05, 0) is 36.4 Å². The number of nitrogens with zero attached hydrogens (tertiary/aromatic N) is 2. The van der Waals surface area contributed by atoms with E-state index in [-0.39, 0.29) is 0 Å². The van der Waals surface area contributed by atoms with Gasteiger partial charge in [-0.2, -0.15) is 0 Å². The van der Waals surface area contributed by atoms with E-state index in [9.17, 15) is 0 Å². The monoisotopic (exact) mass is 564 g/mol. The van der Waals surface area contributed by atoms with Gasteiger partial charge in [-0.1, -0.05) is 109 Å². The highest BCUT2D eigenvalue weighted by molar-refractivity contribution is 6.07. The normalized spacial score (nSPS) is 11.6. The van der Waals surface area contributed by atoms with Crippen LogP contribution in [0.15, 0.2) is 154 Å². The maximum Gasteiger partial charge on any atom is 0.136 e. The molecule has 0 atom stereocenters. The molecule has 0 amide bonds. The number of hydrogen-bond acceptors (Lipinski definition) is 4. The number of rotatable bonds is 4. The average molecular weight is 565 g/mol. The maximum atomic E-state index is 6.28. The molecule has 0 bridgehead atoms. The van der Waals surface area contributed by atoms with Gasteiger partial charge in [0.25, 0.3) is 0 Å². The molecule has 0 saturated carbocycles. The van der Waals surface area contributed by atoms with E-state index in [1.165, 1.54) is 0 Å². The Balaban J connectivity index is 1.32. The Hall–Kier alpha value is -6.00. The molecule has 9 aromatic rings. The van der Waals surface area contributed by atoms with Crippen LogP contribution in [-0.4, -0.2) is 9.97 Å². The molecular formula is C40H24N2O2. The van der Waals surface area contributed by atoms with Gasteiger partial charge in [0.05, 0.1) is 22.8 Å². The fourth-order valence-corrected chi connectivity index (χ4v) is 6.18. The van der Waals surface area contributed by atoms with Gasteiger partial charge in [-0.25, -0.2) is 9.97 Å². The zero-order valence-corrected chi connectivity index (χ0v) is 23.6. The highest BCUT2D eigenvalue weighted by Gasteiger charge is 2.21. The lowest BCUT2D eigenvalue weighted by molar-refractivity contribution is 0.668. The van der Waals surface area contributed by atoms with Crippen LogP contribution >= 0.6 is 0 Å². The van der Waals surface area contributed by atoms with Crippen molar-refractivity contribution in [2.24, 2.45) is 0 Å². The molecule has 0 radical (unpaired) electrons. The number of fused-ring (bicyclic) bond motifs is 6. The lowest BCUT2D eigenvalue weighted by atomic mass is 9.98. The summed E-state index contributed by atoms with van der Waals surface area (Å²) in [6.45, 7) is 0. The van der Waals surface area contributed by atoms with Crippen LogP contribution in [-0.2, 0) is 0 Å². The molecule has 0 saturated heterocycles. The summed E-state index contributed by atoms with van der Waals surface area (Å²) in [5.41, 5.74) is 10.5. The van der Waals surface area contributed by atoms with Crippen molar-refractivity contribution in [2.45, 2.75) is 0 Å². The predicted molar refractivity (Wildman–Crippen MR) is 178 cm³/mol. The smallest absolute Gasteiger partial charge is 0.136 e. The second-order valence-electron chi connectivity index (χ2n) is 11.0. The van der Waals surface area contributed by atoms with Crippen molar-refractivity contribution >= 4 is 43.9 Å². The van der Waals surface area contributed by atoms with Gasteiger partial charge in [-0.15, -0.1) is 0 Å². The van der Waals surface area contributed by atoms with Crippen LogP contribution in [0.5, 0.6) is 0 Å². The maximum absolute atomic E-state index is 6.28. The zero-order chi connectivity index (χ0) is 29.0. The molecule has 0 aliphatic rings. The van der Waals surface area contributed by atoms with E-state index in [0.29, 0.717) is 0 Å². The Morgan fingerprint density at radius 2 is 0.659 bits per heavy atom. The molecule has 0 unspecified atom stereocenters. The van der Waals surface area contributed by atoms with Crippen LogP contribution in [0.4, 0.5) is 0 Å². The van der Waals surface area contributed by atoms with E-state index in [4.69, 9.17) is 18.8 Å². The van der Waals surface area contributed by atoms with Crippen LogP contribution in [0, 0.1) is 0 Å². The minimum absolute atomic E-state index is 0.797. The fraction of sp³-hybridized carbons (Fsp3) is 0. The molecule has 206 valence electrons. The third kappa shape index (κ3) is 3.92. The molecule has 0 aliphatic heterocycles. The third-order valence-electron chi connectivity index (χ3n) is 8.29. The highest BCUT2D eigenvalue weighted by Crippen LogP contribution is 2.40. The van der Waals surface area contributed by atoms with Gasteiger partial charge in [0, 0.05) is 43.8 Å². The number of aromatic nitrogens is 2. The molecule has 4 heteroatoms. The Morgan fingerprint density at radius 1 is 0.295 bits per heavy atom. The first-order chi connectivity index (χ1) is 21.8. The molecule has 0 spiro atoms. The molecular weight excluding hydrogens is 540 g/mol. The molecule has 9 rings (SSSR count). The second-order valence-corrected chi connectivity index (χ2v) is 11.0. The summed E-state index contributed by atoms with van der Waals surface area (Å²) < 4.78 is 12.6. The first-order valence-corrected chi connectivity index (χ1v) is 14.7. The quantitative estimate of drug-likeness (QED) is 0.213. The van der Waals surface area contributed by atoms with Gasteiger partial charge in [0.1, 0.15) is 22.3 Å². The Bertz CT molecular complexity index is 2310.